The highest BCUT2D eigenvalue weighted by molar-refractivity contribution is 6.10. The topological polar surface area (TPSA) is 84.9 Å². The monoisotopic (exact) mass is 458 g/mol. The van der Waals surface area contributed by atoms with Gasteiger partial charge in [-0.2, -0.15) is 0 Å². The fourth-order valence-corrected chi connectivity index (χ4v) is 6.11. The number of amides is 3. The Labute approximate surface area is 197 Å². The van der Waals surface area contributed by atoms with Crippen LogP contribution >= 0.6 is 0 Å². The van der Waals surface area contributed by atoms with Gasteiger partial charge < -0.3 is 14.8 Å². The van der Waals surface area contributed by atoms with E-state index in [0.29, 0.717) is 29.0 Å². The molecule has 5 aliphatic rings. The van der Waals surface area contributed by atoms with Crippen molar-refractivity contribution in [1.82, 2.24) is 4.90 Å². The first-order chi connectivity index (χ1) is 16.5. The number of allylic oxidation sites excluding steroid dienone is 2. The number of benzene rings is 2. The number of carbonyl (C=O) groups is 3. The Morgan fingerprint density at radius 2 is 1.38 bits per heavy atom. The molecule has 3 fully saturated rings. The molecule has 1 saturated heterocycles. The number of carbonyl (C=O) groups excluding carboxylic acids is 3. The van der Waals surface area contributed by atoms with Gasteiger partial charge in [-0.3, -0.25) is 19.3 Å². The number of anilines is 1. The highest BCUT2D eigenvalue weighted by Gasteiger charge is 2.67. The summed E-state index contributed by atoms with van der Waals surface area (Å²) in [5, 5.41) is 2.83. The van der Waals surface area contributed by atoms with Crippen molar-refractivity contribution in [3.05, 3.63) is 60.7 Å². The Morgan fingerprint density at radius 1 is 0.882 bits per heavy atom. The van der Waals surface area contributed by atoms with Crippen LogP contribution in [0.25, 0.3) is 0 Å². The predicted molar refractivity (Wildman–Crippen MR) is 124 cm³/mol. The lowest BCUT2D eigenvalue weighted by Crippen LogP contribution is -2.46. The summed E-state index contributed by atoms with van der Waals surface area (Å²) in [6.45, 7) is 1.62. The van der Waals surface area contributed by atoms with Crippen molar-refractivity contribution in [3.8, 4) is 17.2 Å². The van der Waals surface area contributed by atoms with E-state index in [1.807, 2.05) is 24.3 Å². The minimum Gasteiger partial charge on any atom is -0.497 e. The quantitative estimate of drug-likeness (QED) is 0.525. The Hall–Kier alpha value is -3.61. The summed E-state index contributed by atoms with van der Waals surface area (Å²) in [5.41, 5.74) is 0.568. The van der Waals surface area contributed by atoms with Gasteiger partial charge in [0.2, 0.25) is 17.7 Å². The molecule has 7 atom stereocenters. The Kier molecular flexibility index (Phi) is 4.76. The van der Waals surface area contributed by atoms with Gasteiger partial charge in [-0.25, -0.2) is 0 Å². The third kappa shape index (κ3) is 3.22. The van der Waals surface area contributed by atoms with E-state index in [2.05, 4.69) is 17.5 Å². The molecule has 1 N–H and O–H groups in total. The summed E-state index contributed by atoms with van der Waals surface area (Å²) in [6.07, 6.45) is 5.38. The van der Waals surface area contributed by atoms with Crippen LogP contribution < -0.4 is 14.8 Å². The largest absolute Gasteiger partial charge is 0.497 e. The Balaban J connectivity index is 1.11. The van der Waals surface area contributed by atoms with Crippen molar-refractivity contribution in [2.24, 2.45) is 35.5 Å². The van der Waals surface area contributed by atoms with Crippen molar-refractivity contribution in [2.45, 2.75) is 19.4 Å². The number of nitrogens with one attached hydrogen (secondary N) is 1. The van der Waals surface area contributed by atoms with Crippen molar-refractivity contribution in [3.63, 3.8) is 0 Å². The van der Waals surface area contributed by atoms with Crippen LogP contribution in [0.4, 0.5) is 5.69 Å². The van der Waals surface area contributed by atoms with E-state index in [4.69, 9.17) is 9.47 Å². The number of methoxy groups -OCH3 is 1. The third-order valence-electron chi connectivity index (χ3n) is 7.88. The number of hydrogen-bond donors (Lipinski definition) is 1. The highest BCUT2D eigenvalue weighted by atomic mass is 16.5. The number of hydrogen-bond acceptors (Lipinski definition) is 5. The molecule has 0 spiro atoms. The maximum atomic E-state index is 13.2. The second-order valence-corrected chi connectivity index (χ2v) is 9.67. The molecule has 3 amide bonds. The molecule has 0 unspecified atom stereocenters. The smallest absolute Gasteiger partial charge is 0.247 e. The van der Waals surface area contributed by atoms with Gasteiger partial charge in [0.05, 0.1) is 18.9 Å². The van der Waals surface area contributed by atoms with E-state index in [-0.39, 0.29) is 41.4 Å². The van der Waals surface area contributed by atoms with Gasteiger partial charge in [-0.05, 0) is 85.5 Å². The van der Waals surface area contributed by atoms with Crippen LogP contribution in [-0.2, 0) is 14.4 Å². The summed E-state index contributed by atoms with van der Waals surface area (Å²) >= 11 is 0. The Morgan fingerprint density at radius 3 is 1.91 bits per heavy atom. The molecule has 2 bridgehead atoms. The maximum absolute atomic E-state index is 13.2. The summed E-state index contributed by atoms with van der Waals surface area (Å²) in [6, 6.07) is 13.3. The molecular formula is C27H26N2O5. The van der Waals surface area contributed by atoms with Gasteiger partial charge in [-0.1, -0.05) is 12.2 Å². The van der Waals surface area contributed by atoms with Crippen LogP contribution in [0, 0.1) is 35.5 Å². The first kappa shape index (κ1) is 21.0. The van der Waals surface area contributed by atoms with Gasteiger partial charge in [-0.15, -0.1) is 0 Å². The molecule has 7 rings (SSSR count). The van der Waals surface area contributed by atoms with Gasteiger partial charge in [0, 0.05) is 5.69 Å². The third-order valence-corrected chi connectivity index (χ3v) is 7.88. The van der Waals surface area contributed by atoms with E-state index < -0.39 is 6.04 Å². The molecule has 1 heterocycles. The SMILES string of the molecule is COc1ccc(Oc2ccc(NC(=O)[C@@H](C)N3C(=O)[C@@H]4[C@@H]5C=C[C@H]([C@H]6C[C@H]56)[C@@H]4C3=O)cc2)cc1. The normalized spacial score (nSPS) is 31.1. The molecule has 0 aromatic heterocycles. The van der Waals surface area contributed by atoms with Crippen molar-refractivity contribution < 1.29 is 23.9 Å². The molecule has 0 radical (unpaired) electrons. The number of likely N-dealkylation sites (tertiary alicyclic amines) is 1. The molecule has 4 aliphatic carbocycles. The zero-order chi connectivity index (χ0) is 23.6. The van der Waals surface area contributed by atoms with Crippen molar-refractivity contribution >= 4 is 23.4 Å². The van der Waals surface area contributed by atoms with E-state index >= 15 is 0 Å². The summed E-state index contributed by atoms with van der Waals surface area (Å²) in [5.74, 6) is 2.05. The maximum Gasteiger partial charge on any atom is 0.247 e. The lowest BCUT2D eigenvalue weighted by Gasteiger charge is -2.37. The fraction of sp³-hybridized carbons (Fsp3) is 0.370. The molecule has 7 heteroatoms. The molecule has 7 nitrogen and oxygen atoms in total. The van der Waals surface area contributed by atoms with Crippen LogP contribution in [-0.4, -0.2) is 35.8 Å². The number of nitrogens with zero attached hydrogens (tertiary/aromatic N) is 1. The van der Waals surface area contributed by atoms with E-state index in [9.17, 15) is 14.4 Å². The minimum absolute atomic E-state index is 0.148. The van der Waals surface area contributed by atoms with Crippen molar-refractivity contribution in [1.29, 1.82) is 0 Å². The fourth-order valence-electron chi connectivity index (χ4n) is 6.11. The Bertz CT molecular complexity index is 1150. The van der Waals surface area contributed by atoms with Gasteiger partial charge in [0.1, 0.15) is 23.3 Å². The zero-order valence-corrected chi connectivity index (χ0v) is 19.0. The van der Waals surface area contributed by atoms with Crippen LogP contribution in [0.5, 0.6) is 17.2 Å². The second kappa shape index (κ2) is 7.72. The first-order valence-electron chi connectivity index (χ1n) is 11.7. The molecule has 34 heavy (non-hydrogen) atoms. The summed E-state index contributed by atoms with van der Waals surface area (Å²) in [4.78, 5) is 40.6. The lowest BCUT2D eigenvalue weighted by molar-refractivity contribution is -0.146. The predicted octanol–water partition coefficient (Wildman–Crippen LogP) is 3.87. The molecule has 2 aromatic rings. The number of imide groups is 1. The lowest BCUT2D eigenvalue weighted by atomic mass is 9.63. The highest BCUT2D eigenvalue weighted by Crippen LogP contribution is 2.65. The standard InChI is InChI=1S/C27H26N2O5/c1-14(29-26(31)23-19-11-12-20(22-13-21(19)22)24(23)27(29)32)25(30)28-15-3-5-17(6-4-15)34-18-9-7-16(33-2)8-10-18/h3-12,14,19-24H,13H2,1-2H3,(H,28,30)/t14-,19-,20-,21-,22-,23-,24+/m1/s1. The average Bonchev–Trinajstić information content (AvgIpc) is 3.63. The zero-order valence-electron chi connectivity index (χ0n) is 19.0. The second-order valence-electron chi connectivity index (χ2n) is 9.67. The van der Waals surface area contributed by atoms with Gasteiger partial charge >= 0.3 is 0 Å². The summed E-state index contributed by atoms with van der Waals surface area (Å²) in [7, 11) is 1.61. The van der Waals surface area contributed by atoms with Crippen LogP contribution in [0.3, 0.4) is 0 Å². The van der Waals surface area contributed by atoms with Crippen LogP contribution in [0.1, 0.15) is 13.3 Å². The average molecular weight is 459 g/mol. The van der Waals surface area contributed by atoms with Crippen LogP contribution in [0.15, 0.2) is 60.7 Å². The van der Waals surface area contributed by atoms with Crippen molar-refractivity contribution in [2.75, 3.05) is 12.4 Å². The molecule has 1 aliphatic heterocycles. The molecular weight excluding hydrogens is 432 g/mol. The van der Waals surface area contributed by atoms with E-state index in [1.165, 1.54) is 4.90 Å². The minimum atomic E-state index is -0.864. The first-order valence-corrected chi connectivity index (χ1v) is 11.7. The van der Waals surface area contributed by atoms with Gasteiger partial charge in [0.25, 0.3) is 0 Å². The van der Waals surface area contributed by atoms with E-state index in [0.717, 1.165) is 12.2 Å². The molecule has 174 valence electrons. The number of ether oxygens (including phenoxy) is 2. The summed E-state index contributed by atoms with van der Waals surface area (Å²) < 4.78 is 11.0. The molecule has 2 saturated carbocycles. The van der Waals surface area contributed by atoms with E-state index in [1.54, 1.807) is 38.3 Å². The van der Waals surface area contributed by atoms with Gasteiger partial charge in [0.15, 0.2) is 0 Å². The van der Waals surface area contributed by atoms with Crippen LogP contribution in [0.2, 0.25) is 0 Å². The number of rotatable bonds is 6. The molecule has 2 aromatic carbocycles.